The summed E-state index contributed by atoms with van der Waals surface area (Å²) < 4.78 is 30.8. The maximum Gasteiger partial charge on any atom is 0.291 e. The molecular weight excluding hydrogens is 426 g/mol. The number of nitrogens with zero attached hydrogens (tertiary/aromatic N) is 2. The summed E-state index contributed by atoms with van der Waals surface area (Å²) in [6.07, 6.45) is 1.34. The molecule has 32 heavy (non-hydrogen) atoms. The fourth-order valence-electron chi connectivity index (χ4n) is 3.76. The van der Waals surface area contributed by atoms with Gasteiger partial charge in [-0.15, -0.1) is 0 Å². The summed E-state index contributed by atoms with van der Waals surface area (Å²) >= 11 is 0. The summed E-state index contributed by atoms with van der Waals surface area (Å²) in [5, 5.41) is 2.84. The highest BCUT2D eigenvalue weighted by Gasteiger charge is 2.23. The number of furan rings is 1. The number of carbonyl (C=O) groups excluding carboxylic acids is 1. The van der Waals surface area contributed by atoms with E-state index in [1.807, 2.05) is 24.3 Å². The van der Waals surface area contributed by atoms with Crippen molar-refractivity contribution in [3.05, 3.63) is 83.8 Å². The molecule has 0 spiro atoms. The van der Waals surface area contributed by atoms with Crippen LogP contribution in [-0.4, -0.2) is 57.4 Å². The minimum atomic E-state index is -3.59. The van der Waals surface area contributed by atoms with Gasteiger partial charge in [0.25, 0.3) is 5.91 Å². The fraction of sp³-hybridized carbons (Fsp3) is 0.292. The molecule has 1 saturated heterocycles. The highest BCUT2D eigenvalue weighted by atomic mass is 32.2. The Morgan fingerprint density at radius 3 is 2.50 bits per heavy atom. The summed E-state index contributed by atoms with van der Waals surface area (Å²) in [5.74, 6) is -0.765. The molecule has 8 heteroatoms. The van der Waals surface area contributed by atoms with Gasteiger partial charge in [0.1, 0.15) is 0 Å². The Morgan fingerprint density at radius 1 is 1.00 bits per heavy atom. The molecule has 7 nitrogen and oxygen atoms in total. The fourth-order valence-corrected chi connectivity index (χ4v) is 5.14. The number of carbonyl (C=O) groups is 1. The Kier molecular flexibility index (Phi) is 6.74. The molecule has 1 N–H and O–H groups in total. The summed E-state index contributed by atoms with van der Waals surface area (Å²) in [5.41, 5.74) is 2.09. The molecule has 3 aromatic rings. The van der Waals surface area contributed by atoms with Gasteiger partial charge in [0, 0.05) is 44.0 Å². The first kappa shape index (κ1) is 22.3. The van der Waals surface area contributed by atoms with Crippen LogP contribution >= 0.6 is 0 Å². The van der Waals surface area contributed by atoms with Crippen LogP contribution in [0.3, 0.4) is 0 Å². The lowest BCUT2D eigenvalue weighted by molar-refractivity contribution is 0.0995. The second-order valence-electron chi connectivity index (χ2n) is 8.08. The van der Waals surface area contributed by atoms with E-state index in [9.17, 15) is 13.2 Å². The molecule has 0 radical (unpaired) electrons. The zero-order chi connectivity index (χ0) is 22.6. The van der Waals surface area contributed by atoms with Crippen molar-refractivity contribution in [2.45, 2.75) is 17.2 Å². The van der Waals surface area contributed by atoms with Crippen LogP contribution in [0.25, 0.3) is 0 Å². The van der Waals surface area contributed by atoms with E-state index in [4.69, 9.17) is 4.42 Å². The Labute approximate surface area is 188 Å². The van der Waals surface area contributed by atoms with Gasteiger partial charge in [-0.3, -0.25) is 9.69 Å². The smallest absolute Gasteiger partial charge is 0.291 e. The van der Waals surface area contributed by atoms with Crippen molar-refractivity contribution in [1.82, 2.24) is 9.80 Å². The van der Waals surface area contributed by atoms with Crippen molar-refractivity contribution in [2.75, 3.05) is 38.5 Å². The Bertz CT molecular complexity index is 1170. The molecule has 2 heterocycles. The van der Waals surface area contributed by atoms with E-state index in [0.717, 1.165) is 38.3 Å². The number of amides is 1. The molecule has 0 saturated carbocycles. The molecule has 168 valence electrons. The molecule has 1 amide bonds. The van der Waals surface area contributed by atoms with Crippen molar-refractivity contribution in [1.29, 1.82) is 0 Å². The van der Waals surface area contributed by atoms with Gasteiger partial charge in [0.05, 0.1) is 16.9 Å². The predicted molar refractivity (Wildman–Crippen MR) is 123 cm³/mol. The Hall–Kier alpha value is -2.94. The van der Waals surface area contributed by atoms with Gasteiger partial charge in [-0.25, -0.2) is 8.42 Å². The van der Waals surface area contributed by atoms with Crippen molar-refractivity contribution in [3.63, 3.8) is 0 Å². The number of piperazine rings is 1. The maximum absolute atomic E-state index is 12.8. The highest BCUT2D eigenvalue weighted by molar-refractivity contribution is 7.90. The van der Waals surface area contributed by atoms with Crippen LogP contribution in [0, 0.1) is 0 Å². The first-order valence-corrected chi connectivity index (χ1v) is 12.2. The first-order chi connectivity index (χ1) is 15.4. The second kappa shape index (κ2) is 9.68. The molecule has 0 bridgehead atoms. The van der Waals surface area contributed by atoms with Crippen LogP contribution < -0.4 is 5.32 Å². The first-order valence-electron chi connectivity index (χ1n) is 10.6. The lowest BCUT2D eigenvalue weighted by Crippen LogP contribution is -2.43. The minimum Gasteiger partial charge on any atom is -0.459 e. The summed E-state index contributed by atoms with van der Waals surface area (Å²) in [6, 6.07) is 17.4. The molecule has 0 aliphatic carbocycles. The topological polar surface area (TPSA) is 82.9 Å². The quantitative estimate of drug-likeness (QED) is 0.591. The number of hydrogen-bond donors (Lipinski definition) is 1. The molecular formula is C24H27N3O4S. The van der Waals surface area contributed by atoms with E-state index in [0.29, 0.717) is 11.3 Å². The van der Waals surface area contributed by atoms with Gasteiger partial charge in [-0.2, -0.15) is 0 Å². The number of hydrogen-bond acceptors (Lipinski definition) is 6. The monoisotopic (exact) mass is 453 g/mol. The summed E-state index contributed by atoms with van der Waals surface area (Å²) in [7, 11) is -1.46. The van der Waals surface area contributed by atoms with Crippen LogP contribution in [0.15, 0.2) is 76.2 Å². The predicted octanol–water partition coefficient (Wildman–Crippen LogP) is 3.25. The molecule has 2 aromatic carbocycles. The normalized spacial score (nSPS) is 15.5. The van der Waals surface area contributed by atoms with E-state index in [1.54, 1.807) is 30.3 Å². The van der Waals surface area contributed by atoms with Crippen LogP contribution in [0.2, 0.25) is 0 Å². The third kappa shape index (κ3) is 5.45. The molecule has 1 aliphatic heterocycles. The summed E-state index contributed by atoms with van der Waals surface area (Å²) in [4.78, 5) is 17.8. The van der Waals surface area contributed by atoms with Crippen LogP contribution in [0.1, 0.15) is 21.7 Å². The third-order valence-corrected chi connectivity index (χ3v) is 7.27. The van der Waals surface area contributed by atoms with E-state index in [1.165, 1.54) is 12.3 Å². The number of anilines is 1. The molecule has 0 atom stereocenters. The van der Waals surface area contributed by atoms with Gasteiger partial charge < -0.3 is 14.6 Å². The van der Waals surface area contributed by atoms with Gasteiger partial charge >= 0.3 is 0 Å². The average Bonchev–Trinajstić information content (AvgIpc) is 3.24. The SMILES string of the molecule is CN1CCN(Cc2cccc(NC(=O)c3occc3CS(=O)(=O)c3ccccc3)c2)CC1. The van der Waals surface area contributed by atoms with Crippen molar-refractivity contribution in [2.24, 2.45) is 0 Å². The van der Waals surface area contributed by atoms with Gasteiger partial charge in [-0.05, 0) is 42.9 Å². The van der Waals surface area contributed by atoms with Crippen LogP contribution in [0.5, 0.6) is 0 Å². The van der Waals surface area contributed by atoms with E-state index >= 15 is 0 Å². The summed E-state index contributed by atoms with van der Waals surface area (Å²) in [6.45, 7) is 4.93. The zero-order valence-corrected chi connectivity index (χ0v) is 18.8. The lowest BCUT2D eigenvalue weighted by atomic mass is 10.1. The van der Waals surface area contributed by atoms with Crippen LogP contribution in [0.4, 0.5) is 5.69 Å². The maximum atomic E-state index is 12.8. The Morgan fingerprint density at radius 2 is 1.75 bits per heavy atom. The number of benzene rings is 2. The minimum absolute atomic E-state index is 0.00831. The average molecular weight is 454 g/mol. The zero-order valence-electron chi connectivity index (χ0n) is 18.0. The number of likely N-dealkylation sites (N-methyl/N-ethyl adjacent to an activating group) is 1. The highest BCUT2D eigenvalue weighted by Crippen LogP contribution is 2.21. The number of sulfone groups is 1. The third-order valence-electron chi connectivity index (χ3n) is 5.59. The second-order valence-corrected chi connectivity index (χ2v) is 10.1. The molecule has 1 aliphatic rings. The molecule has 1 fully saturated rings. The van der Waals surface area contributed by atoms with Crippen LogP contribution in [-0.2, 0) is 22.1 Å². The lowest BCUT2D eigenvalue weighted by Gasteiger charge is -2.32. The Balaban J connectivity index is 1.44. The standard InChI is InChI=1S/C24H27N3O4S/c1-26-11-13-27(14-12-26)17-19-6-5-7-21(16-19)25-24(28)23-20(10-15-31-23)18-32(29,30)22-8-3-2-4-9-22/h2-10,15-16H,11-14,17-18H2,1H3,(H,25,28). The number of nitrogens with one attached hydrogen (secondary N) is 1. The van der Waals surface area contributed by atoms with E-state index in [2.05, 4.69) is 22.2 Å². The van der Waals surface area contributed by atoms with Crippen molar-refractivity contribution >= 4 is 21.4 Å². The van der Waals surface area contributed by atoms with Crippen molar-refractivity contribution < 1.29 is 17.6 Å². The van der Waals surface area contributed by atoms with Gasteiger partial charge in [0.15, 0.2) is 15.6 Å². The molecule has 0 unspecified atom stereocenters. The number of rotatable bonds is 7. The van der Waals surface area contributed by atoms with E-state index < -0.39 is 15.7 Å². The largest absolute Gasteiger partial charge is 0.459 e. The van der Waals surface area contributed by atoms with E-state index in [-0.39, 0.29) is 16.4 Å². The molecule has 4 rings (SSSR count). The van der Waals surface area contributed by atoms with Gasteiger partial charge in [-0.1, -0.05) is 30.3 Å². The van der Waals surface area contributed by atoms with Gasteiger partial charge in [0.2, 0.25) is 0 Å². The molecule has 1 aromatic heterocycles. The van der Waals surface area contributed by atoms with Crippen molar-refractivity contribution in [3.8, 4) is 0 Å².